The molecule has 1 heterocycles. The number of carbonyl (C=O) groups excluding carboxylic acids is 1. The molecular formula is C15H16BrNO4S. The highest BCUT2D eigenvalue weighted by molar-refractivity contribution is 9.10. The molecule has 22 heavy (non-hydrogen) atoms. The average molecular weight is 386 g/mol. The number of hydrogen-bond acceptors (Lipinski definition) is 5. The number of hydrogen-bond donors (Lipinski definition) is 2. The Morgan fingerprint density at radius 3 is 2.73 bits per heavy atom. The van der Waals surface area contributed by atoms with E-state index in [1.165, 1.54) is 18.4 Å². The second-order valence-corrected chi connectivity index (χ2v) is 6.20. The fourth-order valence-electron chi connectivity index (χ4n) is 1.94. The third kappa shape index (κ3) is 3.79. The molecule has 0 radical (unpaired) electrons. The van der Waals surface area contributed by atoms with Gasteiger partial charge < -0.3 is 19.9 Å². The van der Waals surface area contributed by atoms with E-state index in [0.717, 1.165) is 4.47 Å². The molecule has 2 aromatic rings. The number of halogens is 1. The minimum Gasteiger partial charge on any atom is -0.497 e. The van der Waals surface area contributed by atoms with Crippen LogP contribution < -0.4 is 14.8 Å². The first-order valence-electron chi connectivity index (χ1n) is 6.48. The van der Waals surface area contributed by atoms with Crippen LogP contribution >= 0.6 is 27.3 Å². The first-order chi connectivity index (χ1) is 10.6. The van der Waals surface area contributed by atoms with Gasteiger partial charge in [-0.05, 0) is 45.6 Å². The lowest BCUT2D eigenvalue weighted by atomic mass is 10.1. The third-order valence-corrected chi connectivity index (χ3v) is 4.91. The Hall–Kier alpha value is -1.57. The van der Waals surface area contributed by atoms with Crippen LogP contribution in [0.2, 0.25) is 0 Å². The van der Waals surface area contributed by atoms with Gasteiger partial charge in [0.1, 0.15) is 22.5 Å². The first-order valence-corrected chi connectivity index (χ1v) is 8.15. The van der Waals surface area contributed by atoms with Gasteiger partial charge in [0.05, 0.1) is 14.2 Å². The van der Waals surface area contributed by atoms with E-state index in [9.17, 15) is 9.90 Å². The highest BCUT2D eigenvalue weighted by Gasteiger charge is 2.17. The molecular weight excluding hydrogens is 370 g/mol. The van der Waals surface area contributed by atoms with Crippen LogP contribution in [-0.2, 0) is 0 Å². The fourth-order valence-corrected chi connectivity index (χ4v) is 3.40. The van der Waals surface area contributed by atoms with Crippen molar-refractivity contribution in [3.05, 3.63) is 44.6 Å². The van der Waals surface area contributed by atoms with Gasteiger partial charge >= 0.3 is 0 Å². The Kier molecular flexibility index (Phi) is 5.82. The van der Waals surface area contributed by atoms with Crippen molar-refractivity contribution in [1.29, 1.82) is 0 Å². The summed E-state index contributed by atoms with van der Waals surface area (Å²) in [7, 11) is 3.08. The summed E-state index contributed by atoms with van der Waals surface area (Å²) >= 11 is 4.64. The molecule has 2 rings (SSSR count). The van der Waals surface area contributed by atoms with Gasteiger partial charge in [-0.1, -0.05) is 0 Å². The second-order valence-electron chi connectivity index (χ2n) is 4.43. The lowest BCUT2D eigenvalue weighted by molar-refractivity contribution is 0.0918. The predicted octanol–water partition coefficient (Wildman–Crippen LogP) is 2.99. The minimum absolute atomic E-state index is 0.0761. The molecule has 1 atom stereocenters. The number of amides is 1. The molecule has 0 aliphatic rings. The van der Waals surface area contributed by atoms with Gasteiger partial charge in [0.15, 0.2) is 0 Å². The first kappa shape index (κ1) is 16.8. The summed E-state index contributed by atoms with van der Waals surface area (Å²) < 4.78 is 11.1. The van der Waals surface area contributed by atoms with Crippen molar-refractivity contribution in [3.63, 3.8) is 0 Å². The van der Waals surface area contributed by atoms with Crippen LogP contribution in [0.5, 0.6) is 11.5 Å². The van der Waals surface area contributed by atoms with Crippen molar-refractivity contribution >= 4 is 33.2 Å². The molecule has 2 N–H and O–H groups in total. The molecule has 118 valence electrons. The molecule has 0 saturated carbocycles. The summed E-state index contributed by atoms with van der Waals surface area (Å²) in [6.45, 7) is 0.0761. The van der Waals surface area contributed by atoms with Crippen molar-refractivity contribution in [2.75, 3.05) is 20.8 Å². The van der Waals surface area contributed by atoms with Crippen molar-refractivity contribution in [2.24, 2.45) is 0 Å². The van der Waals surface area contributed by atoms with Crippen molar-refractivity contribution < 1.29 is 19.4 Å². The van der Waals surface area contributed by atoms with E-state index in [1.54, 1.807) is 31.4 Å². The highest BCUT2D eigenvalue weighted by Crippen LogP contribution is 2.29. The number of methoxy groups -OCH3 is 2. The van der Waals surface area contributed by atoms with Gasteiger partial charge in [0.2, 0.25) is 0 Å². The quantitative estimate of drug-likeness (QED) is 0.801. The van der Waals surface area contributed by atoms with Gasteiger partial charge in [-0.15, -0.1) is 11.3 Å². The largest absolute Gasteiger partial charge is 0.497 e. The molecule has 0 spiro atoms. The van der Waals surface area contributed by atoms with E-state index in [1.807, 2.05) is 5.38 Å². The standard InChI is InChI=1S/C15H16BrNO4S/c1-20-9-3-4-13(21-2)10(7-9)12(18)8-17-15(19)14-11(16)5-6-22-14/h3-7,12,18H,8H2,1-2H3,(H,17,19). The summed E-state index contributed by atoms with van der Waals surface area (Å²) in [5.74, 6) is 0.921. The topological polar surface area (TPSA) is 67.8 Å². The van der Waals surface area contributed by atoms with Crippen molar-refractivity contribution in [2.45, 2.75) is 6.10 Å². The summed E-state index contributed by atoms with van der Waals surface area (Å²) in [6, 6.07) is 6.96. The third-order valence-electron chi connectivity index (χ3n) is 3.08. The summed E-state index contributed by atoms with van der Waals surface area (Å²) in [5.41, 5.74) is 0.562. The van der Waals surface area contributed by atoms with E-state index in [4.69, 9.17) is 9.47 Å². The number of nitrogens with one attached hydrogen (secondary N) is 1. The van der Waals surface area contributed by atoms with E-state index in [0.29, 0.717) is 21.9 Å². The number of benzene rings is 1. The number of carbonyl (C=O) groups is 1. The fraction of sp³-hybridized carbons (Fsp3) is 0.267. The van der Waals surface area contributed by atoms with E-state index in [2.05, 4.69) is 21.2 Å². The Bertz CT molecular complexity index is 659. The van der Waals surface area contributed by atoms with E-state index in [-0.39, 0.29) is 12.5 Å². The number of thiophene rings is 1. The lowest BCUT2D eigenvalue weighted by Gasteiger charge is -2.16. The van der Waals surface area contributed by atoms with E-state index >= 15 is 0 Å². The van der Waals surface area contributed by atoms with Gasteiger partial charge in [-0.25, -0.2) is 0 Å². The summed E-state index contributed by atoms with van der Waals surface area (Å²) in [6.07, 6.45) is -0.896. The normalized spacial score (nSPS) is 11.8. The number of rotatable bonds is 6. The maximum atomic E-state index is 12.0. The van der Waals surface area contributed by atoms with Crippen LogP contribution in [0.25, 0.3) is 0 Å². The molecule has 1 unspecified atom stereocenters. The van der Waals surface area contributed by atoms with Crippen LogP contribution in [0, 0.1) is 0 Å². The van der Waals surface area contributed by atoms with Crippen molar-refractivity contribution in [1.82, 2.24) is 5.32 Å². The van der Waals surface area contributed by atoms with Crippen LogP contribution in [0.1, 0.15) is 21.3 Å². The van der Waals surface area contributed by atoms with Crippen LogP contribution in [0.3, 0.4) is 0 Å². The molecule has 7 heteroatoms. The lowest BCUT2D eigenvalue weighted by Crippen LogP contribution is -2.28. The molecule has 1 aromatic heterocycles. The molecule has 0 fully saturated rings. The summed E-state index contributed by atoms with van der Waals surface area (Å²) in [5, 5.41) is 14.8. The predicted molar refractivity (Wildman–Crippen MR) is 88.9 cm³/mol. The molecule has 0 aliphatic carbocycles. The highest BCUT2D eigenvalue weighted by atomic mass is 79.9. The number of aliphatic hydroxyl groups is 1. The molecule has 0 aliphatic heterocycles. The zero-order chi connectivity index (χ0) is 16.1. The maximum absolute atomic E-state index is 12.0. The van der Waals surface area contributed by atoms with E-state index < -0.39 is 6.10 Å². The van der Waals surface area contributed by atoms with Crippen LogP contribution in [0.15, 0.2) is 34.1 Å². The Morgan fingerprint density at radius 1 is 1.36 bits per heavy atom. The Balaban J connectivity index is 2.07. The maximum Gasteiger partial charge on any atom is 0.262 e. The minimum atomic E-state index is -0.896. The van der Waals surface area contributed by atoms with Gasteiger partial charge in [-0.3, -0.25) is 4.79 Å². The Morgan fingerprint density at radius 2 is 2.14 bits per heavy atom. The summed E-state index contributed by atoms with van der Waals surface area (Å²) in [4.78, 5) is 12.6. The van der Waals surface area contributed by atoms with Crippen LogP contribution in [0.4, 0.5) is 0 Å². The molecule has 0 saturated heterocycles. The molecule has 1 aromatic carbocycles. The zero-order valence-electron chi connectivity index (χ0n) is 12.1. The smallest absolute Gasteiger partial charge is 0.262 e. The van der Waals surface area contributed by atoms with Crippen LogP contribution in [-0.4, -0.2) is 31.8 Å². The molecule has 0 bridgehead atoms. The Labute approximate surface area is 141 Å². The van der Waals surface area contributed by atoms with Crippen molar-refractivity contribution in [3.8, 4) is 11.5 Å². The SMILES string of the molecule is COc1ccc(OC)c(C(O)CNC(=O)c2sccc2Br)c1. The molecule has 5 nitrogen and oxygen atoms in total. The second kappa shape index (κ2) is 7.62. The number of aliphatic hydroxyl groups excluding tert-OH is 1. The monoisotopic (exact) mass is 385 g/mol. The van der Waals surface area contributed by atoms with Gasteiger partial charge in [0.25, 0.3) is 5.91 Å². The number of ether oxygens (including phenoxy) is 2. The molecule has 1 amide bonds. The zero-order valence-corrected chi connectivity index (χ0v) is 14.5. The van der Waals surface area contributed by atoms with Gasteiger partial charge in [-0.2, -0.15) is 0 Å². The van der Waals surface area contributed by atoms with Gasteiger partial charge in [0, 0.05) is 16.6 Å². The average Bonchev–Trinajstić information content (AvgIpc) is 2.97.